The number of halogens is 1. The maximum atomic E-state index is 9.43. The number of nitrogens with zero attached hydrogens (tertiary/aromatic N) is 2. The van der Waals surface area contributed by atoms with Gasteiger partial charge in [-0.1, -0.05) is 16.8 Å². The second kappa shape index (κ2) is 5.37. The highest BCUT2D eigenvalue weighted by molar-refractivity contribution is 6.33. The monoisotopic (exact) mass is 268 g/mol. The minimum atomic E-state index is -0.247. The lowest BCUT2D eigenvalue weighted by molar-refractivity contribution is 0.0683. The van der Waals surface area contributed by atoms with E-state index in [1.807, 2.05) is 13.8 Å². The third-order valence-corrected chi connectivity index (χ3v) is 2.73. The van der Waals surface area contributed by atoms with Gasteiger partial charge in [0.05, 0.1) is 10.6 Å². The number of benzene rings is 1. The number of rotatable bonds is 4. The van der Waals surface area contributed by atoms with E-state index in [1.165, 1.54) is 12.1 Å². The van der Waals surface area contributed by atoms with Crippen LogP contribution in [0, 0.1) is 0 Å². The van der Waals surface area contributed by atoms with E-state index in [0.717, 1.165) is 0 Å². The van der Waals surface area contributed by atoms with Gasteiger partial charge in [0.1, 0.15) is 11.9 Å². The molecule has 6 heteroatoms. The van der Waals surface area contributed by atoms with Gasteiger partial charge in [0.25, 0.3) is 5.89 Å². The van der Waals surface area contributed by atoms with Crippen LogP contribution in [-0.2, 0) is 4.74 Å². The van der Waals surface area contributed by atoms with Crippen LogP contribution in [0.5, 0.6) is 5.75 Å². The van der Waals surface area contributed by atoms with Crippen molar-refractivity contribution >= 4 is 11.6 Å². The number of ether oxygens (including phenoxy) is 1. The molecule has 1 unspecified atom stereocenters. The van der Waals surface area contributed by atoms with Gasteiger partial charge in [0.15, 0.2) is 0 Å². The molecule has 1 aromatic heterocycles. The van der Waals surface area contributed by atoms with Crippen LogP contribution in [0.2, 0.25) is 5.02 Å². The van der Waals surface area contributed by atoms with Crippen LogP contribution in [0.1, 0.15) is 25.8 Å². The van der Waals surface area contributed by atoms with Gasteiger partial charge >= 0.3 is 0 Å². The molecular formula is C12H13ClN2O3. The Morgan fingerprint density at radius 1 is 1.50 bits per heavy atom. The van der Waals surface area contributed by atoms with Gasteiger partial charge < -0.3 is 14.4 Å². The molecule has 0 amide bonds. The van der Waals surface area contributed by atoms with Gasteiger partial charge in [-0.15, -0.1) is 0 Å². The van der Waals surface area contributed by atoms with Crippen LogP contribution in [0.3, 0.4) is 0 Å². The molecule has 1 aromatic carbocycles. The predicted octanol–water partition coefficient (Wildman–Crippen LogP) is 3.19. The summed E-state index contributed by atoms with van der Waals surface area (Å²) in [5, 5.41) is 13.7. The van der Waals surface area contributed by atoms with E-state index in [9.17, 15) is 5.11 Å². The van der Waals surface area contributed by atoms with Gasteiger partial charge in [-0.2, -0.15) is 4.98 Å². The van der Waals surface area contributed by atoms with Crippen molar-refractivity contribution in [3.63, 3.8) is 0 Å². The average Bonchev–Trinajstić information content (AvgIpc) is 2.82. The molecule has 18 heavy (non-hydrogen) atoms. The van der Waals surface area contributed by atoms with E-state index in [2.05, 4.69) is 10.1 Å². The largest absolute Gasteiger partial charge is 0.508 e. The van der Waals surface area contributed by atoms with E-state index < -0.39 is 0 Å². The summed E-state index contributed by atoms with van der Waals surface area (Å²) in [5.74, 6) is 0.802. The number of aromatic nitrogens is 2. The lowest BCUT2D eigenvalue weighted by Gasteiger charge is -2.04. The molecule has 0 aliphatic carbocycles. The van der Waals surface area contributed by atoms with Crippen LogP contribution in [0.15, 0.2) is 22.7 Å². The summed E-state index contributed by atoms with van der Waals surface area (Å²) in [6.45, 7) is 4.30. The first-order valence-electron chi connectivity index (χ1n) is 5.56. The molecular weight excluding hydrogens is 256 g/mol. The molecule has 2 aromatic rings. The molecule has 0 saturated carbocycles. The fraction of sp³-hybridized carbons (Fsp3) is 0.333. The van der Waals surface area contributed by atoms with Crippen molar-refractivity contribution in [1.29, 1.82) is 0 Å². The zero-order valence-electron chi connectivity index (χ0n) is 10.1. The summed E-state index contributed by atoms with van der Waals surface area (Å²) in [4.78, 5) is 4.20. The summed E-state index contributed by atoms with van der Waals surface area (Å²) in [6, 6.07) is 4.54. The Kier molecular flexibility index (Phi) is 3.84. The average molecular weight is 269 g/mol. The van der Waals surface area contributed by atoms with E-state index in [4.69, 9.17) is 20.9 Å². The highest BCUT2D eigenvalue weighted by Gasteiger charge is 2.17. The highest BCUT2D eigenvalue weighted by Crippen LogP contribution is 2.30. The lowest BCUT2D eigenvalue weighted by atomic mass is 10.2. The SMILES string of the molecule is CCOC(C)c1noc(-c2cc(O)ccc2Cl)n1. The fourth-order valence-electron chi connectivity index (χ4n) is 1.51. The van der Waals surface area contributed by atoms with Crippen molar-refractivity contribution in [2.75, 3.05) is 6.61 Å². The van der Waals surface area contributed by atoms with Crippen molar-refractivity contribution < 1.29 is 14.4 Å². The van der Waals surface area contributed by atoms with Crippen molar-refractivity contribution in [3.05, 3.63) is 29.0 Å². The summed E-state index contributed by atoms with van der Waals surface area (Å²) in [6.07, 6.45) is -0.247. The molecule has 0 radical (unpaired) electrons. The molecule has 1 N–H and O–H groups in total. The van der Waals surface area contributed by atoms with Gasteiger partial charge in [-0.05, 0) is 32.0 Å². The molecule has 5 nitrogen and oxygen atoms in total. The van der Waals surface area contributed by atoms with E-state index in [0.29, 0.717) is 23.0 Å². The Morgan fingerprint density at radius 3 is 3.00 bits per heavy atom. The number of hydrogen-bond donors (Lipinski definition) is 1. The molecule has 0 saturated heterocycles. The first kappa shape index (κ1) is 12.9. The quantitative estimate of drug-likeness (QED) is 0.922. The van der Waals surface area contributed by atoms with Crippen molar-refractivity contribution in [3.8, 4) is 17.2 Å². The zero-order chi connectivity index (χ0) is 13.1. The number of phenols is 1. The predicted molar refractivity (Wildman–Crippen MR) is 66.4 cm³/mol. The Bertz CT molecular complexity index is 542. The third-order valence-electron chi connectivity index (χ3n) is 2.40. The zero-order valence-corrected chi connectivity index (χ0v) is 10.8. The summed E-state index contributed by atoms with van der Waals surface area (Å²) < 4.78 is 10.5. The van der Waals surface area contributed by atoms with Crippen LogP contribution in [0.25, 0.3) is 11.5 Å². The van der Waals surface area contributed by atoms with Crippen molar-refractivity contribution in [2.45, 2.75) is 20.0 Å². The Labute approximate surface area is 109 Å². The lowest BCUT2D eigenvalue weighted by Crippen LogP contribution is -2.01. The maximum Gasteiger partial charge on any atom is 0.259 e. The van der Waals surface area contributed by atoms with Gasteiger partial charge in [-0.3, -0.25) is 0 Å². The highest BCUT2D eigenvalue weighted by atomic mass is 35.5. The minimum absolute atomic E-state index is 0.0898. The van der Waals surface area contributed by atoms with Crippen LogP contribution < -0.4 is 0 Å². The van der Waals surface area contributed by atoms with Crippen molar-refractivity contribution in [1.82, 2.24) is 10.1 Å². The van der Waals surface area contributed by atoms with Gasteiger partial charge in [0.2, 0.25) is 5.82 Å². The second-order valence-electron chi connectivity index (χ2n) is 3.72. The minimum Gasteiger partial charge on any atom is -0.508 e. The first-order chi connectivity index (χ1) is 8.61. The van der Waals surface area contributed by atoms with Crippen LogP contribution in [-0.4, -0.2) is 21.9 Å². The standard InChI is InChI=1S/C12H13ClN2O3/c1-3-17-7(2)11-14-12(18-15-11)9-6-8(16)4-5-10(9)13/h4-7,16H,3H2,1-2H3. The topological polar surface area (TPSA) is 68.4 Å². The molecule has 1 heterocycles. The molecule has 2 rings (SSSR count). The Hall–Kier alpha value is -1.59. The maximum absolute atomic E-state index is 9.43. The molecule has 0 aliphatic heterocycles. The summed E-state index contributed by atoms with van der Waals surface area (Å²) >= 11 is 6.01. The fourth-order valence-corrected chi connectivity index (χ4v) is 1.71. The van der Waals surface area contributed by atoms with E-state index in [1.54, 1.807) is 6.07 Å². The number of hydrogen-bond acceptors (Lipinski definition) is 5. The molecule has 0 fully saturated rings. The van der Waals surface area contributed by atoms with Crippen LogP contribution in [0.4, 0.5) is 0 Å². The van der Waals surface area contributed by atoms with Crippen LogP contribution >= 0.6 is 11.6 Å². The molecule has 0 aliphatic rings. The Balaban J connectivity index is 2.32. The van der Waals surface area contributed by atoms with Gasteiger partial charge in [-0.25, -0.2) is 0 Å². The third kappa shape index (κ3) is 2.63. The molecule has 96 valence electrons. The number of phenolic OH excluding ortho intramolecular Hbond substituents is 1. The molecule has 0 bridgehead atoms. The molecule has 1 atom stereocenters. The smallest absolute Gasteiger partial charge is 0.259 e. The van der Waals surface area contributed by atoms with Crippen molar-refractivity contribution in [2.24, 2.45) is 0 Å². The number of aromatic hydroxyl groups is 1. The summed E-state index contributed by atoms with van der Waals surface area (Å²) in [7, 11) is 0. The van der Waals surface area contributed by atoms with E-state index in [-0.39, 0.29) is 17.7 Å². The Morgan fingerprint density at radius 2 is 2.28 bits per heavy atom. The van der Waals surface area contributed by atoms with Gasteiger partial charge in [0, 0.05) is 6.61 Å². The second-order valence-corrected chi connectivity index (χ2v) is 4.13. The first-order valence-corrected chi connectivity index (χ1v) is 5.93. The summed E-state index contributed by atoms with van der Waals surface area (Å²) in [5.41, 5.74) is 0.499. The molecule has 0 spiro atoms. The van der Waals surface area contributed by atoms with E-state index >= 15 is 0 Å². The normalized spacial score (nSPS) is 12.6.